The monoisotopic (exact) mass is 252 g/mol. The summed E-state index contributed by atoms with van der Waals surface area (Å²) in [5.74, 6) is 1.60. The SMILES string of the molecule is CCCC[C@@H](C)C(=O)Nc1nc(C(C)C)nn1C. The van der Waals surface area contributed by atoms with E-state index in [4.69, 9.17) is 0 Å². The molecule has 0 aromatic carbocycles. The highest BCUT2D eigenvalue weighted by Gasteiger charge is 2.16. The topological polar surface area (TPSA) is 59.8 Å². The van der Waals surface area contributed by atoms with Gasteiger partial charge < -0.3 is 0 Å². The van der Waals surface area contributed by atoms with Crippen LogP contribution in [-0.4, -0.2) is 20.7 Å². The van der Waals surface area contributed by atoms with Crippen LogP contribution in [0, 0.1) is 5.92 Å². The summed E-state index contributed by atoms with van der Waals surface area (Å²) in [5, 5.41) is 7.12. The zero-order valence-electron chi connectivity index (χ0n) is 12.0. The number of nitrogens with zero attached hydrogens (tertiary/aromatic N) is 3. The fraction of sp³-hybridized carbons (Fsp3) is 0.769. The van der Waals surface area contributed by atoms with Gasteiger partial charge in [0.2, 0.25) is 11.9 Å². The number of carbonyl (C=O) groups is 1. The number of carbonyl (C=O) groups excluding carboxylic acids is 1. The van der Waals surface area contributed by atoms with Crippen LogP contribution in [0.4, 0.5) is 5.95 Å². The summed E-state index contributed by atoms with van der Waals surface area (Å²) < 4.78 is 1.62. The molecule has 102 valence electrons. The van der Waals surface area contributed by atoms with Crippen molar-refractivity contribution in [3.05, 3.63) is 5.82 Å². The number of amides is 1. The van der Waals surface area contributed by atoms with Gasteiger partial charge in [-0.15, -0.1) is 0 Å². The number of nitrogens with one attached hydrogen (secondary N) is 1. The molecule has 1 aromatic heterocycles. The van der Waals surface area contributed by atoms with E-state index in [9.17, 15) is 4.79 Å². The summed E-state index contributed by atoms with van der Waals surface area (Å²) in [4.78, 5) is 16.3. The third-order valence-electron chi connectivity index (χ3n) is 2.97. The molecule has 1 amide bonds. The third-order valence-corrected chi connectivity index (χ3v) is 2.97. The molecular formula is C13H24N4O. The van der Waals surface area contributed by atoms with Crippen LogP contribution >= 0.6 is 0 Å². The molecule has 1 heterocycles. The lowest BCUT2D eigenvalue weighted by Crippen LogP contribution is -2.22. The first kappa shape index (κ1) is 14.7. The minimum absolute atomic E-state index is 0.0177. The molecule has 5 nitrogen and oxygen atoms in total. The first-order valence-corrected chi connectivity index (χ1v) is 6.67. The van der Waals surface area contributed by atoms with Gasteiger partial charge in [0.05, 0.1) is 0 Å². The normalized spacial score (nSPS) is 12.8. The van der Waals surface area contributed by atoms with Gasteiger partial charge in [0.1, 0.15) is 0 Å². The van der Waals surface area contributed by atoms with Crippen molar-refractivity contribution in [2.24, 2.45) is 13.0 Å². The van der Waals surface area contributed by atoms with Crippen molar-refractivity contribution in [3.8, 4) is 0 Å². The van der Waals surface area contributed by atoms with Crippen molar-refractivity contribution in [2.75, 3.05) is 5.32 Å². The minimum atomic E-state index is 0.0177. The summed E-state index contributed by atoms with van der Waals surface area (Å²) in [6.07, 6.45) is 3.10. The second kappa shape index (κ2) is 6.52. The van der Waals surface area contributed by atoms with E-state index < -0.39 is 0 Å². The van der Waals surface area contributed by atoms with Crippen molar-refractivity contribution in [1.82, 2.24) is 14.8 Å². The van der Waals surface area contributed by atoms with Crippen LogP contribution < -0.4 is 5.32 Å². The summed E-state index contributed by atoms with van der Waals surface area (Å²) in [5.41, 5.74) is 0. The van der Waals surface area contributed by atoms with Gasteiger partial charge >= 0.3 is 0 Å². The maximum absolute atomic E-state index is 12.0. The Labute approximate surface area is 109 Å². The summed E-state index contributed by atoms with van der Waals surface area (Å²) >= 11 is 0. The van der Waals surface area contributed by atoms with E-state index in [1.165, 1.54) is 0 Å². The number of unbranched alkanes of at least 4 members (excludes halogenated alkanes) is 1. The van der Waals surface area contributed by atoms with Crippen molar-refractivity contribution in [2.45, 2.75) is 52.9 Å². The molecule has 0 aliphatic heterocycles. The van der Waals surface area contributed by atoms with Gasteiger partial charge in [0.15, 0.2) is 5.82 Å². The Kier molecular flexibility index (Phi) is 5.31. The lowest BCUT2D eigenvalue weighted by molar-refractivity contribution is -0.119. The molecule has 0 aliphatic carbocycles. The number of hydrogen-bond donors (Lipinski definition) is 1. The van der Waals surface area contributed by atoms with E-state index in [0.29, 0.717) is 5.95 Å². The van der Waals surface area contributed by atoms with Gasteiger partial charge in [-0.3, -0.25) is 10.1 Å². The third kappa shape index (κ3) is 3.82. The molecule has 0 saturated heterocycles. The second-order valence-corrected chi connectivity index (χ2v) is 5.10. The zero-order valence-corrected chi connectivity index (χ0v) is 12.0. The molecular weight excluding hydrogens is 228 g/mol. The Hall–Kier alpha value is -1.39. The van der Waals surface area contributed by atoms with Crippen LogP contribution in [0.25, 0.3) is 0 Å². The molecule has 0 aliphatic rings. The number of hydrogen-bond acceptors (Lipinski definition) is 3. The maximum Gasteiger partial charge on any atom is 0.229 e. The Balaban J connectivity index is 2.64. The van der Waals surface area contributed by atoms with Gasteiger partial charge in [0, 0.05) is 18.9 Å². The predicted octanol–water partition coefficient (Wildman–Crippen LogP) is 2.70. The van der Waals surface area contributed by atoms with E-state index in [2.05, 4.69) is 22.3 Å². The fourth-order valence-corrected chi connectivity index (χ4v) is 1.63. The molecule has 0 fully saturated rings. The number of aromatic nitrogens is 3. The first-order chi connectivity index (χ1) is 8.45. The Morgan fingerprint density at radius 1 is 1.39 bits per heavy atom. The molecule has 5 heteroatoms. The lowest BCUT2D eigenvalue weighted by atomic mass is 10.0. The average molecular weight is 252 g/mol. The van der Waals surface area contributed by atoms with Crippen molar-refractivity contribution < 1.29 is 4.79 Å². The standard InChI is InChI=1S/C13H24N4O/c1-6-7-8-10(4)12(18)15-13-14-11(9(2)3)16-17(13)5/h9-10H,6-8H2,1-5H3,(H,14,15,16,18)/t10-/m1/s1. The fourth-order valence-electron chi connectivity index (χ4n) is 1.63. The van der Waals surface area contributed by atoms with Crippen LogP contribution in [0.1, 0.15) is 58.7 Å². The molecule has 0 radical (unpaired) electrons. The van der Waals surface area contributed by atoms with Crippen LogP contribution in [0.2, 0.25) is 0 Å². The van der Waals surface area contributed by atoms with Crippen LogP contribution in [-0.2, 0) is 11.8 Å². The van der Waals surface area contributed by atoms with Gasteiger partial charge in [0.25, 0.3) is 0 Å². The molecule has 1 aromatic rings. The van der Waals surface area contributed by atoms with Gasteiger partial charge in [-0.25, -0.2) is 4.68 Å². The Morgan fingerprint density at radius 2 is 2.06 bits per heavy atom. The molecule has 1 rings (SSSR count). The molecule has 1 atom stereocenters. The number of aryl methyl sites for hydroxylation is 1. The molecule has 0 bridgehead atoms. The maximum atomic E-state index is 12.0. The highest BCUT2D eigenvalue weighted by atomic mass is 16.2. The molecule has 0 unspecified atom stereocenters. The smallest absolute Gasteiger partial charge is 0.229 e. The zero-order chi connectivity index (χ0) is 13.7. The molecule has 1 N–H and O–H groups in total. The van der Waals surface area contributed by atoms with E-state index in [1.807, 2.05) is 20.8 Å². The van der Waals surface area contributed by atoms with Gasteiger partial charge in [-0.2, -0.15) is 10.1 Å². The lowest BCUT2D eigenvalue weighted by Gasteiger charge is -2.10. The largest absolute Gasteiger partial charge is 0.295 e. The Morgan fingerprint density at radius 3 is 2.56 bits per heavy atom. The highest BCUT2D eigenvalue weighted by molar-refractivity contribution is 5.90. The summed E-state index contributed by atoms with van der Waals surface area (Å²) in [6.45, 7) is 8.14. The quantitative estimate of drug-likeness (QED) is 0.846. The average Bonchev–Trinajstić information content (AvgIpc) is 2.68. The van der Waals surface area contributed by atoms with Crippen molar-refractivity contribution >= 4 is 11.9 Å². The van der Waals surface area contributed by atoms with Gasteiger partial charge in [-0.1, -0.05) is 40.5 Å². The van der Waals surface area contributed by atoms with E-state index in [1.54, 1.807) is 11.7 Å². The van der Waals surface area contributed by atoms with Gasteiger partial charge in [-0.05, 0) is 6.42 Å². The Bertz CT molecular complexity index is 398. The molecule has 0 spiro atoms. The number of anilines is 1. The van der Waals surface area contributed by atoms with Crippen LogP contribution in [0.3, 0.4) is 0 Å². The van der Waals surface area contributed by atoms with E-state index in [-0.39, 0.29) is 17.7 Å². The van der Waals surface area contributed by atoms with Crippen LogP contribution in [0.5, 0.6) is 0 Å². The van der Waals surface area contributed by atoms with Crippen molar-refractivity contribution in [3.63, 3.8) is 0 Å². The second-order valence-electron chi connectivity index (χ2n) is 5.10. The molecule has 18 heavy (non-hydrogen) atoms. The summed E-state index contributed by atoms with van der Waals surface area (Å²) in [7, 11) is 1.80. The van der Waals surface area contributed by atoms with Crippen molar-refractivity contribution in [1.29, 1.82) is 0 Å². The minimum Gasteiger partial charge on any atom is -0.295 e. The van der Waals surface area contributed by atoms with E-state index in [0.717, 1.165) is 25.1 Å². The first-order valence-electron chi connectivity index (χ1n) is 6.67. The molecule has 0 saturated carbocycles. The highest BCUT2D eigenvalue weighted by Crippen LogP contribution is 2.14. The predicted molar refractivity (Wildman–Crippen MR) is 72.4 cm³/mol. The summed E-state index contributed by atoms with van der Waals surface area (Å²) in [6, 6.07) is 0. The van der Waals surface area contributed by atoms with E-state index >= 15 is 0 Å². The van der Waals surface area contributed by atoms with Crippen LogP contribution in [0.15, 0.2) is 0 Å². The number of rotatable bonds is 6.